The Morgan fingerprint density at radius 3 is 2.27 bits per heavy atom. The Labute approximate surface area is 136 Å². The van der Waals surface area contributed by atoms with Crippen LogP contribution >= 0.6 is 23.4 Å². The fourth-order valence-electron chi connectivity index (χ4n) is 1.52. The maximum absolute atomic E-state index is 12.7. The molecule has 0 spiro atoms. The van der Waals surface area contributed by atoms with Crippen LogP contribution in [-0.2, 0) is 4.79 Å². The Hall–Kier alpha value is -2.05. The molecule has 7 heteroatoms. The summed E-state index contributed by atoms with van der Waals surface area (Å²) in [7, 11) is 0. The first-order valence-electron chi connectivity index (χ1n) is 6.28. The van der Waals surface area contributed by atoms with Gasteiger partial charge in [-0.3, -0.25) is 20.4 Å². The second kappa shape index (κ2) is 7.82. The molecule has 2 amide bonds. The van der Waals surface area contributed by atoms with Crippen molar-refractivity contribution in [3.8, 4) is 0 Å². The highest BCUT2D eigenvalue weighted by Gasteiger charge is 2.07. The summed E-state index contributed by atoms with van der Waals surface area (Å²) in [4.78, 5) is 24.2. The second-order valence-electron chi connectivity index (χ2n) is 4.25. The predicted molar refractivity (Wildman–Crippen MR) is 84.2 cm³/mol. The van der Waals surface area contributed by atoms with Gasteiger partial charge in [-0.1, -0.05) is 11.6 Å². The number of carbonyl (C=O) groups excluding carboxylic acids is 2. The number of rotatable bonds is 4. The molecule has 114 valence electrons. The van der Waals surface area contributed by atoms with E-state index in [4.69, 9.17) is 11.6 Å². The molecule has 2 aromatic rings. The molecule has 0 aliphatic rings. The Morgan fingerprint density at radius 1 is 1.00 bits per heavy atom. The molecule has 0 unspecified atom stereocenters. The monoisotopic (exact) mass is 338 g/mol. The summed E-state index contributed by atoms with van der Waals surface area (Å²) in [6.07, 6.45) is 0. The van der Waals surface area contributed by atoms with E-state index in [1.54, 1.807) is 36.4 Å². The lowest BCUT2D eigenvalue weighted by Gasteiger charge is -2.07. The predicted octanol–water partition coefficient (Wildman–Crippen LogP) is 3.03. The van der Waals surface area contributed by atoms with E-state index < -0.39 is 5.91 Å². The molecule has 2 rings (SSSR count). The molecule has 22 heavy (non-hydrogen) atoms. The summed E-state index contributed by atoms with van der Waals surface area (Å²) in [5.74, 6) is -1.02. The lowest BCUT2D eigenvalue weighted by molar-refractivity contribution is -0.119. The summed E-state index contributed by atoms with van der Waals surface area (Å²) in [6.45, 7) is 0. The quantitative estimate of drug-likeness (QED) is 0.665. The number of hydrogen-bond donors (Lipinski definition) is 2. The van der Waals surface area contributed by atoms with Crippen molar-refractivity contribution in [2.24, 2.45) is 0 Å². The number of thioether (sulfide) groups is 1. The molecule has 0 atom stereocenters. The van der Waals surface area contributed by atoms with Gasteiger partial charge < -0.3 is 0 Å². The van der Waals surface area contributed by atoms with Crippen molar-refractivity contribution in [2.45, 2.75) is 4.90 Å². The molecule has 0 aliphatic carbocycles. The van der Waals surface area contributed by atoms with Crippen molar-refractivity contribution in [3.05, 3.63) is 64.9 Å². The van der Waals surface area contributed by atoms with Crippen molar-refractivity contribution in [3.63, 3.8) is 0 Å². The zero-order valence-electron chi connectivity index (χ0n) is 11.3. The van der Waals surface area contributed by atoms with Crippen LogP contribution in [0.25, 0.3) is 0 Å². The normalized spacial score (nSPS) is 10.1. The van der Waals surface area contributed by atoms with Crippen LogP contribution in [0.1, 0.15) is 10.4 Å². The number of carbonyl (C=O) groups is 2. The first kappa shape index (κ1) is 16.3. The zero-order valence-corrected chi connectivity index (χ0v) is 12.9. The van der Waals surface area contributed by atoms with Gasteiger partial charge in [-0.25, -0.2) is 4.39 Å². The first-order chi connectivity index (χ1) is 10.5. The van der Waals surface area contributed by atoms with Gasteiger partial charge in [0.25, 0.3) is 5.91 Å². The number of benzene rings is 2. The maximum atomic E-state index is 12.7. The van der Waals surface area contributed by atoms with Crippen molar-refractivity contribution in [1.29, 1.82) is 0 Å². The highest BCUT2D eigenvalue weighted by atomic mass is 35.5. The summed E-state index contributed by atoms with van der Waals surface area (Å²) in [5.41, 5.74) is 5.00. The molecular formula is C15H12ClFN2O2S. The van der Waals surface area contributed by atoms with Gasteiger partial charge in [0.05, 0.1) is 5.75 Å². The van der Waals surface area contributed by atoms with Crippen molar-refractivity contribution >= 4 is 35.2 Å². The Morgan fingerprint density at radius 2 is 1.64 bits per heavy atom. The fraction of sp³-hybridized carbons (Fsp3) is 0.0667. The average Bonchev–Trinajstić information content (AvgIpc) is 2.52. The highest BCUT2D eigenvalue weighted by Crippen LogP contribution is 2.17. The van der Waals surface area contributed by atoms with Gasteiger partial charge >= 0.3 is 0 Å². The minimum Gasteiger partial charge on any atom is -0.272 e. The first-order valence-corrected chi connectivity index (χ1v) is 7.64. The second-order valence-corrected chi connectivity index (χ2v) is 5.74. The van der Waals surface area contributed by atoms with Crippen LogP contribution in [0.5, 0.6) is 0 Å². The maximum Gasteiger partial charge on any atom is 0.269 e. The van der Waals surface area contributed by atoms with Gasteiger partial charge in [-0.05, 0) is 48.5 Å². The minimum absolute atomic E-state index is 0.104. The SMILES string of the molecule is O=C(CSc1ccc(F)cc1)NNC(=O)c1ccc(Cl)cc1. The van der Waals surface area contributed by atoms with Crippen molar-refractivity contribution < 1.29 is 14.0 Å². The topological polar surface area (TPSA) is 58.2 Å². The summed E-state index contributed by atoms with van der Waals surface area (Å²) in [5, 5.41) is 0.524. The number of hydrogen-bond acceptors (Lipinski definition) is 3. The van der Waals surface area contributed by atoms with E-state index in [0.29, 0.717) is 10.6 Å². The van der Waals surface area contributed by atoms with Crippen LogP contribution in [0.3, 0.4) is 0 Å². The largest absolute Gasteiger partial charge is 0.272 e. The number of amides is 2. The molecule has 0 heterocycles. The number of halogens is 2. The zero-order chi connectivity index (χ0) is 15.9. The van der Waals surface area contributed by atoms with Crippen LogP contribution in [0.2, 0.25) is 5.02 Å². The Bertz CT molecular complexity index is 662. The molecule has 0 saturated heterocycles. The number of hydrazine groups is 1. The van der Waals surface area contributed by atoms with E-state index >= 15 is 0 Å². The minimum atomic E-state index is -0.434. The molecule has 0 saturated carbocycles. The van der Waals surface area contributed by atoms with E-state index in [1.165, 1.54) is 23.9 Å². The molecule has 2 N–H and O–H groups in total. The van der Waals surface area contributed by atoms with Gasteiger partial charge in [-0.15, -0.1) is 11.8 Å². The van der Waals surface area contributed by atoms with Gasteiger partial charge in [0.15, 0.2) is 0 Å². The average molecular weight is 339 g/mol. The fourth-order valence-corrected chi connectivity index (χ4v) is 2.34. The van der Waals surface area contributed by atoms with Crippen LogP contribution in [-0.4, -0.2) is 17.6 Å². The van der Waals surface area contributed by atoms with E-state index in [-0.39, 0.29) is 17.5 Å². The third kappa shape index (κ3) is 5.05. The third-order valence-electron chi connectivity index (χ3n) is 2.61. The van der Waals surface area contributed by atoms with Crippen LogP contribution < -0.4 is 10.9 Å². The molecule has 0 fully saturated rings. The van der Waals surface area contributed by atoms with Crippen molar-refractivity contribution in [2.75, 3.05) is 5.75 Å². The van der Waals surface area contributed by atoms with Gasteiger partial charge in [0.1, 0.15) is 5.82 Å². The van der Waals surface area contributed by atoms with Crippen LogP contribution in [0.4, 0.5) is 4.39 Å². The van der Waals surface area contributed by atoms with E-state index in [9.17, 15) is 14.0 Å². The number of nitrogens with one attached hydrogen (secondary N) is 2. The third-order valence-corrected chi connectivity index (χ3v) is 3.87. The molecule has 2 aromatic carbocycles. The Kier molecular flexibility index (Phi) is 5.80. The molecular weight excluding hydrogens is 327 g/mol. The van der Waals surface area contributed by atoms with Crippen molar-refractivity contribution in [1.82, 2.24) is 10.9 Å². The van der Waals surface area contributed by atoms with Gasteiger partial charge in [0.2, 0.25) is 5.91 Å². The van der Waals surface area contributed by atoms with Crippen LogP contribution in [0, 0.1) is 5.82 Å². The molecule has 4 nitrogen and oxygen atoms in total. The molecule has 0 aliphatic heterocycles. The summed E-state index contributed by atoms with van der Waals surface area (Å²) >= 11 is 6.96. The molecule has 0 radical (unpaired) electrons. The highest BCUT2D eigenvalue weighted by molar-refractivity contribution is 8.00. The smallest absolute Gasteiger partial charge is 0.269 e. The van der Waals surface area contributed by atoms with Gasteiger partial charge in [0, 0.05) is 15.5 Å². The Balaban J connectivity index is 1.76. The lowest BCUT2D eigenvalue weighted by atomic mass is 10.2. The van der Waals surface area contributed by atoms with E-state index in [0.717, 1.165) is 4.90 Å². The standard InChI is InChI=1S/C15H12ClFN2O2S/c16-11-3-1-10(2-4-11)15(21)19-18-14(20)9-22-13-7-5-12(17)6-8-13/h1-8H,9H2,(H,18,20)(H,19,21). The molecule has 0 bridgehead atoms. The summed E-state index contributed by atoms with van der Waals surface area (Å²) < 4.78 is 12.7. The van der Waals surface area contributed by atoms with Crippen LogP contribution in [0.15, 0.2) is 53.4 Å². The van der Waals surface area contributed by atoms with E-state index in [2.05, 4.69) is 10.9 Å². The summed E-state index contributed by atoms with van der Waals surface area (Å²) in [6, 6.07) is 12.1. The van der Waals surface area contributed by atoms with E-state index in [1.807, 2.05) is 0 Å². The molecule has 0 aromatic heterocycles. The lowest BCUT2D eigenvalue weighted by Crippen LogP contribution is -2.42. The van der Waals surface area contributed by atoms with Gasteiger partial charge in [-0.2, -0.15) is 0 Å².